The average Bonchev–Trinajstić information content (AvgIpc) is 2.35. The van der Waals surface area contributed by atoms with Gasteiger partial charge in [-0.25, -0.2) is 0 Å². The minimum Gasteiger partial charge on any atom is -0.481 e. The maximum atomic E-state index is 10.5. The van der Waals surface area contributed by atoms with Gasteiger partial charge in [0.05, 0.1) is 18.1 Å². The van der Waals surface area contributed by atoms with E-state index in [0.29, 0.717) is 6.54 Å². The molecule has 0 aromatic carbocycles. The number of nitrogens with zero attached hydrogens (tertiary/aromatic N) is 3. The molecule has 0 aliphatic heterocycles. The molecule has 1 N–H and O–H groups in total. The molecule has 5 heteroatoms. The van der Waals surface area contributed by atoms with Crippen LogP contribution in [-0.2, 0) is 4.79 Å². The van der Waals surface area contributed by atoms with Crippen LogP contribution in [0.1, 0.15) is 6.42 Å². The lowest BCUT2D eigenvalue weighted by Gasteiger charge is -2.19. The molecule has 5 nitrogen and oxygen atoms in total. The molecule has 0 aliphatic rings. The molecule has 88 valence electrons. The van der Waals surface area contributed by atoms with Gasteiger partial charge in [-0.15, -0.1) is 0 Å². The molecule has 0 amide bonds. The number of anilines is 1. The first-order valence-electron chi connectivity index (χ1n) is 5.30. The van der Waals surface area contributed by atoms with Crippen LogP contribution in [0.4, 0.5) is 5.69 Å². The van der Waals surface area contributed by atoms with E-state index in [2.05, 4.69) is 9.97 Å². The number of carboxylic acids is 1. The van der Waals surface area contributed by atoms with Crippen LogP contribution < -0.4 is 4.90 Å². The number of aromatic nitrogens is 2. The van der Waals surface area contributed by atoms with Gasteiger partial charge in [-0.05, 0) is 12.1 Å². The van der Waals surface area contributed by atoms with Gasteiger partial charge >= 0.3 is 5.97 Å². The smallest absolute Gasteiger partial charge is 0.305 e. The Kier molecular flexibility index (Phi) is 3.18. The summed E-state index contributed by atoms with van der Waals surface area (Å²) in [5.74, 6) is -0.795. The first-order chi connectivity index (χ1) is 8.18. The lowest BCUT2D eigenvalue weighted by molar-refractivity contribution is -0.136. The van der Waals surface area contributed by atoms with Gasteiger partial charge in [-0.3, -0.25) is 14.8 Å². The summed E-state index contributed by atoms with van der Waals surface area (Å²) >= 11 is 0. The predicted octanol–water partition coefficient (Wildman–Crippen LogP) is 1.54. The number of carboxylic acid groups (broad SMARTS) is 1. The lowest BCUT2D eigenvalue weighted by Crippen LogP contribution is -2.21. The van der Waals surface area contributed by atoms with Crippen molar-refractivity contribution in [2.24, 2.45) is 0 Å². The van der Waals surface area contributed by atoms with Crippen molar-refractivity contribution < 1.29 is 9.90 Å². The van der Waals surface area contributed by atoms with Crippen LogP contribution in [0.5, 0.6) is 0 Å². The highest BCUT2D eigenvalue weighted by Crippen LogP contribution is 2.23. The summed E-state index contributed by atoms with van der Waals surface area (Å²) in [4.78, 5) is 20.7. The number of hydrogen-bond acceptors (Lipinski definition) is 4. The zero-order valence-corrected chi connectivity index (χ0v) is 9.50. The molecule has 0 atom stereocenters. The molecule has 2 rings (SSSR count). The topological polar surface area (TPSA) is 66.3 Å². The van der Waals surface area contributed by atoms with E-state index < -0.39 is 5.97 Å². The highest BCUT2D eigenvalue weighted by Gasteiger charge is 2.07. The van der Waals surface area contributed by atoms with Gasteiger partial charge in [0.15, 0.2) is 0 Å². The third kappa shape index (κ3) is 2.50. The summed E-state index contributed by atoms with van der Waals surface area (Å²) in [5.41, 5.74) is 1.78. The van der Waals surface area contributed by atoms with Crippen molar-refractivity contribution in [1.29, 1.82) is 0 Å². The van der Waals surface area contributed by atoms with Crippen molar-refractivity contribution in [3.63, 3.8) is 0 Å². The molecule has 0 aliphatic carbocycles. The molecule has 0 saturated carbocycles. The Hall–Kier alpha value is -2.17. The molecule has 0 fully saturated rings. The lowest BCUT2D eigenvalue weighted by atomic mass is 10.2. The van der Waals surface area contributed by atoms with Gasteiger partial charge in [-0.2, -0.15) is 0 Å². The molecule has 0 bridgehead atoms. The van der Waals surface area contributed by atoms with Crippen LogP contribution in [-0.4, -0.2) is 34.6 Å². The second-order valence-corrected chi connectivity index (χ2v) is 3.79. The Balaban J connectivity index is 2.31. The third-order valence-corrected chi connectivity index (χ3v) is 2.59. The quantitative estimate of drug-likeness (QED) is 0.864. The fourth-order valence-electron chi connectivity index (χ4n) is 1.70. The SMILES string of the molecule is CN(CCC(=O)O)c1ccnc2cnccc12. The second kappa shape index (κ2) is 4.78. The average molecular weight is 231 g/mol. The van der Waals surface area contributed by atoms with E-state index in [9.17, 15) is 4.79 Å². The number of carbonyl (C=O) groups is 1. The van der Waals surface area contributed by atoms with E-state index in [-0.39, 0.29) is 6.42 Å². The number of aliphatic carboxylic acids is 1. The fraction of sp³-hybridized carbons (Fsp3) is 0.250. The molecule has 2 heterocycles. The Morgan fingerprint density at radius 2 is 2.24 bits per heavy atom. The van der Waals surface area contributed by atoms with Crippen molar-refractivity contribution in [3.05, 3.63) is 30.7 Å². The van der Waals surface area contributed by atoms with Crippen LogP contribution in [0.3, 0.4) is 0 Å². The molecule has 0 radical (unpaired) electrons. The van der Waals surface area contributed by atoms with E-state index in [1.165, 1.54) is 0 Å². The number of fused-ring (bicyclic) bond motifs is 1. The predicted molar refractivity (Wildman–Crippen MR) is 65.1 cm³/mol. The van der Waals surface area contributed by atoms with Crippen molar-refractivity contribution in [2.75, 3.05) is 18.5 Å². The van der Waals surface area contributed by atoms with E-state index in [1.807, 2.05) is 24.1 Å². The van der Waals surface area contributed by atoms with Crippen LogP contribution >= 0.6 is 0 Å². The molecule has 2 aromatic rings. The van der Waals surface area contributed by atoms with Crippen LogP contribution in [0, 0.1) is 0 Å². The number of pyridine rings is 2. The summed E-state index contributed by atoms with van der Waals surface area (Å²) in [5, 5.41) is 9.66. The molecule has 17 heavy (non-hydrogen) atoms. The van der Waals surface area contributed by atoms with Crippen molar-refractivity contribution >= 4 is 22.6 Å². The summed E-state index contributed by atoms with van der Waals surface area (Å²) in [7, 11) is 1.87. The van der Waals surface area contributed by atoms with Crippen molar-refractivity contribution in [2.45, 2.75) is 6.42 Å². The van der Waals surface area contributed by atoms with Gasteiger partial charge in [0, 0.05) is 37.1 Å². The van der Waals surface area contributed by atoms with Gasteiger partial charge in [0.1, 0.15) is 0 Å². The molecular weight excluding hydrogens is 218 g/mol. The summed E-state index contributed by atoms with van der Waals surface area (Å²) in [6.45, 7) is 0.469. The third-order valence-electron chi connectivity index (χ3n) is 2.59. The van der Waals surface area contributed by atoms with Crippen molar-refractivity contribution in [3.8, 4) is 0 Å². The molecule has 0 unspecified atom stereocenters. The zero-order valence-electron chi connectivity index (χ0n) is 9.50. The first kappa shape index (κ1) is 11.3. The van der Waals surface area contributed by atoms with Gasteiger partial charge in [0.25, 0.3) is 0 Å². The molecule has 2 aromatic heterocycles. The van der Waals surface area contributed by atoms with E-state index in [1.54, 1.807) is 18.6 Å². The van der Waals surface area contributed by atoms with E-state index in [4.69, 9.17) is 5.11 Å². The number of hydrogen-bond donors (Lipinski definition) is 1. The van der Waals surface area contributed by atoms with Gasteiger partial charge in [0.2, 0.25) is 0 Å². The van der Waals surface area contributed by atoms with E-state index in [0.717, 1.165) is 16.6 Å². The largest absolute Gasteiger partial charge is 0.481 e. The van der Waals surface area contributed by atoms with Crippen LogP contribution in [0.15, 0.2) is 30.7 Å². The zero-order chi connectivity index (χ0) is 12.3. The number of rotatable bonds is 4. The fourth-order valence-corrected chi connectivity index (χ4v) is 1.70. The summed E-state index contributed by atoms with van der Waals surface area (Å²) < 4.78 is 0. The molecule has 0 spiro atoms. The van der Waals surface area contributed by atoms with Gasteiger partial charge in [-0.1, -0.05) is 0 Å². The monoisotopic (exact) mass is 231 g/mol. The second-order valence-electron chi connectivity index (χ2n) is 3.79. The minimum absolute atomic E-state index is 0.116. The maximum Gasteiger partial charge on any atom is 0.305 e. The van der Waals surface area contributed by atoms with Gasteiger partial charge < -0.3 is 10.0 Å². The van der Waals surface area contributed by atoms with Crippen molar-refractivity contribution in [1.82, 2.24) is 9.97 Å². The summed E-state index contributed by atoms with van der Waals surface area (Å²) in [6, 6.07) is 3.76. The Bertz CT molecular complexity index is 537. The van der Waals surface area contributed by atoms with Crippen LogP contribution in [0.2, 0.25) is 0 Å². The molecular formula is C12H13N3O2. The Morgan fingerprint density at radius 3 is 3.00 bits per heavy atom. The Morgan fingerprint density at radius 1 is 1.41 bits per heavy atom. The highest BCUT2D eigenvalue weighted by molar-refractivity contribution is 5.90. The standard InChI is InChI=1S/C12H13N3O2/c1-15(7-4-12(16)17)11-3-6-14-10-8-13-5-2-9(10)11/h2-3,5-6,8H,4,7H2,1H3,(H,16,17). The maximum absolute atomic E-state index is 10.5. The Labute approximate surface area is 98.7 Å². The van der Waals surface area contributed by atoms with E-state index >= 15 is 0 Å². The molecule has 0 saturated heterocycles. The minimum atomic E-state index is -0.795. The normalized spacial score (nSPS) is 10.4. The summed E-state index contributed by atoms with van der Waals surface area (Å²) in [6.07, 6.45) is 5.23. The van der Waals surface area contributed by atoms with Crippen LogP contribution in [0.25, 0.3) is 10.9 Å². The highest BCUT2D eigenvalue weighted by atomic mass is 16.4. The first-order valence-corrected chi connectivity index (χ1v) is 5.30.